The number of benzene rings is 2. The molecule has 0 saturated carbocycles. The molecule has 2 aromatic carbocycles. The maximum atomic E-state index is 12.4. The normalized spacial score (nSPS) is 13.9. The van der Waals surface area contributed by atoms with Crippen LogP contribution in [0.3, 0.4) is 0 Å². The Hall–Kier alpha value is -3.23. The number of β-amino-alcohol motifs (C(OH)–C–C–N with tert-alkyl or cyclic N) is 1. The minimum absolute atomic E-state index is 0.0895. The molecule has 2 N–H and O–H groups in total. The monoisotopic (exact) mass is 411 g/mol. The molecule has 3 rings (SSSR count). The SMILES string of the molecule is CCOCCN(C=O)c1ccc(NC[C@@H](O)CN2C(=O)c3ccccc3C2=O)cc1. The summed E-state index contributed by atoms with van der Waals surface area (Å²) < 4.78 is 5.27. The van der Waals surface area contributed by atoms with Gasteiger partial charge in [0.05, 0.1) is 30.4 Å². The van der Waals surface area contributed by atoms with Crippen LogP contribution in [0.2, 0.25) is 0 Å². The van der Waals surface area contributed by atoms with E-state index in [-0.39, 0.29) is 24.9 Å². The van der Waals surface area contributed by atoms with Gasteiger partial charge >= 0.3 is 0 Å². The minimum Gasteiger partial charge on any atom is -0.389 e. The summed E-state index contributed by atoms with van der Waals surface area (Å²) in [6, 6.07) is 13.8. The van der Waals surface area contributed by atoms with Crippen LogP contribution < -0.4 is 10.2 Å². The van der Waals surface area contributed by atoms with Gasteiger partial charge in [0.2, 0.25) is 6.41 Å². The van der Waals surface area contributed by atoms with E-state index in [1.54, 1.807) is 53.4 Å². The smallest absolute Gasteiger partial charge is 0.261 e. The Balaban J connectivity index is 1.51. The number of imide groups is 1. The molecule has 0 saturated heterocycles. The number of aliphatic hydroxyl groups excluding tert-OH is 1. The van der Waals surface area contributed by atoms with Gasteiger partial charge in [0, 0.05) is 31.1 Å². The third kappa shape index (κ3) is 4.84. The first-order chi connectivity index (χ1) is 14.5. The molecular weight excluding hydrogens is 386 g/mol. The Kier molecular flexibility index (Phi) is 7.16. The average Bonchev–Trinajstić information content (AvgIpc) is 3.01. The number of nitrogens with zero attached hydrogens (tertiary/aromatic N) is 2. The van der Waals surface area contributed by atoms with Crippen LogP contribution >= 0.6 is 0 Å². The molecule has 0 aliphatic carbocycles. The molecule has 8 nitrogen and oxygen atoms in total. The number of hydrogen-bond donors (Lipinski definition) is 2. The van der Waals surface area contributed by atoms with E-state index in [4.69, 9.17) is 4.74 Å². The van der Waals surface area contributed by atoms with Gasteiger partial charge in [-0.2, -0.15) is 0 Å². The Morgan fingerprint density at radius 2 is 1.73 bits per heavy atom. The van der Waals surface area contributed by atoms with Crippen LogP contribution in [-0.4, -0.2) is 67.2 Å². The van der Waals surface area contributed by atoms with Crippen molar-refractivity contribution in [3.63, 3.8) is 0 Å². The highest BCUT2D eigenvalue weighted by Crippen LogP contribution is 2.22. The molecule has 3 amide bonds. The van der Waals surface area contributed by atoms with Gasteiger partial charge < -0.3 is 20.1 Å². The first-order valence-corrected chi connectivity index (χ1v) is 9.82. The summed E-state index contributed by atoms with van der Waals surface area (Å²) >= 11 is 0. The number of carbonyl (C=O) groups excluding carboxylic acids is 3. The van der Waals surface area contributed by atoms with Crippen molar-refractivity contribution >= 4 is 29.6 Å². The zero-order valence-corrected chi connectivity index (χ0v) is 16.8. The fourth-order valence-electron chi connectivity index (χ4n) is 3.24. The molecule has 0 bridgehead atoms. The molecule has 0 spiro atoms. The number of ether oxygens (including phenoxy) is 1. The summed E-state index contributed by atoms with van der Waals surface area (Å²) in [5.41, 5.74) is 2.21. The fourth-order valence-corrected chi connectivity index (χ4v) is 3.24. The molecule has 1 atom stereocenters. The van der Waals surface area contributed by atoms with Crippen LogP contribution in [0.4, 0.5) is 11.4 Å². The number of nitrogens with one attached hydrogen (secondary N) is 1. The number of rotatable bonds is 11. The van der Waals surface area contributed by atoms with Gasteiger partial charge in [0.25, 0.3) is 11.8 Å². The predicted molar refractivity (Wildman–Crippen MR) is 113 cm³/mol. The third-order valence-electron chi connectivity index (χ3n) is 4.82. The summed E-state index contributed by atoms with van der Waals surface area (Å²) in [6.07, 6.45) is -0.169. The van der Waals surface area contributed by atoms with Gasteiger partial charge in [0.15, 0.2) is 0 Å². The predicted octanol–water partition coefficient (Wildman–Crippen LogP) is 1.75. The van der Waals surface area contributed by atoms with Crippen molar-refractivity contribution in [3.05, 3.63) is 59.7 Å². The van der Waals surface area contributed by atoms with E-state index >= 15 is 0 Å². The lowest BCUT2D eigenvalue weighted by Crippen LogP contribution is -2.39. The highest BCUT2D eigenvalue weighted by molar-refractivity contribution is 6.21. The molecule has 1 aliphatic rings. The third-order valence-corrected chi connectivity index (χ3v) is 4.82. The second kappa shape index (κ2) is 10.00. The lowest BCUT2D eigenvalue weighted by atomic mass is 10.1. The summed E-state index contributed by atoms with van der Waals surface area (Å²) in [4.78, 5) is 38.6. The molecule has 8 heteroatoms. The topological polar surface area (TPSA) is 99.2 Å². The van der Waals surface area contributed by atoms with E-state index in [1.807, 2.05) is 6.92 Å². The van der Waals surface area contributed by atoms with E-state index in [0.717, 1.165) is 22.7 Å². The summed E-state index contributed by atoms with van der Waals surface area (Å²) in [6.45, 7) is 3.48. The molecule has 2 aromatic rings. The van der Waals surface area contributed by atoms with Gasteiger partial charge in [-0.25, -0.2) is 0 Å². The standard InChI is InChI=1S/C22H25N3O5/c1-2-30-12-11-24(15-26)17-9-7-16(8-10-17)23-13-18(27)14-25-21(28)19-5-3-4-6-20(19)22(25)29/h3-10,15,18,23,27H,2,11-14H2,1H3/t18-/m1/s1. The number of fused-ring (bicyclic) bond motifs is 1. The molecular formula is C22H25N3O5. The lowest BCUT2D eigenvalue weighted by molar-refractivity contribution is -0.107. The molecule has 0 fully saturated rings. The number of aliphatic hydroxyl groups is 1. The Bertz CT molecular complexity index is 865. The van der Waals surface area contributed by atoms with Crippen LogP contribution in [0.5, 0.6) is 0 Å². The van der Waals surface area contributed by atoms with Crippen molar-refractivity contribution in [2.45, 2.75) is 13.0 Å². The van der Waals surface area contributed by atoms with Gasteiger partial charge in [-0.05, 0) is 43.3 Å². The van der Waals surface area contributed by atoms with E-state index in [9.17, 15) is 19.5 Å². The number of hydrogen-bond acceptors (Lipinski definition) is 6. The van der Waals surface area contributed by atoms with Crippen molar-refractivity contribution in [2.75, 3.05) is 43.1 Å². The second-order valence-electron chi connectivity index (χ2n) is 6.84. The maximum Gasteiger partial charge on any atom is 0.261 e. The number of anilines is 2. The maximum absolute atomic E-state index is 12.4. The summed E-state index contributed by atoms with van der Waals surface area (Å²) in [7, 11) is 0. The fraction of sp³-hybridized carbons (Fsp3) is 0.318. The summed E-state index contributed by atoms with van der Waals surface area (Å²) in [5, 5.41) is 13.4. The van der Waals surface area contributed by atoms with E-state index < -0.39 is 6.10 Å². The average molecular weight is 411 g/mol. The molecule has 30 heavy (non-hydrogen) atoms. The van der Waals surface area contributed by atoms with Gasteiger partial charge in [-0.3, -0.25) is 19.3 Å². The zero-order valence-electron chi connectivity index (χ0n) is 16.8. The molecule has 1 heterocycles. The van der Waals surface area contributed by atoms with Crippen molar-refractivity contribution in [3.8, 4) is 0 Å². The highest BCUT2D eigenvalue weighted by Gasteiger charge is 2.35. The molecule has 0 radical (unpaired) electrons. The van der Waals surface area contributed by atoms with Crippen molar-refractivity contribution in [1.29, 1.82) is 0 Å². The minimum atomic E-state index is -0.926. The lowest BCUT2D eigenvalue weighted by Gasteiger charge is -2.20. The van der Waals surface area contributed by atoms with Crippen molar-refractivity contribution < 1.29 is 24.2 Å². The van der Waals surface area contributed by atoms with Crippen LogP contribution in [0.1, 0.15) is 27.6 Å². The van der Waals surface area contributed by atoms with Gasteiger partial charge in [0.1, 0.15) is 0 Å². The van der Waals surface area contributed by atoms with Crippen molar-refractivity contribution in [2.24, 2.45) is 0 Å². The second-order valence-corrected chi connectivity index (χ2v) is 6.84. The molecule has 0 unspecified atom stereocenters. The van der Waals surface area contributed by atoms with E-state index in [0.29, 0.717) is 30.9 Å². The van der Waals surface area contributed by atoms with Gasteiger partial charge in [-0.1, -0.05) is 12.1 Å². The molecule has 158 valence electrons. The van der Waals surface area contributed by atoms with Crippen LogP contribution in [0.15, 0.2) is 48.5 Å². The van der Waals surface area contributed by atoms with E-state index in [2.05, 4.69) is 5.32 Å². The Morgan fingerprint density at radius 1 is 1.10 bits per heavy atom. The van der Waals surface area contributed by atoms with Crippen LogP contribution in [0.25, 0.3) is 0 Å². The zero-order chi connectivity index (χ0) is 21.5. The molecule has 1 aliphatic heterocycles. The van der Waals surface area contributed by atoms with Crippen LogP contribution in [0, 0.1) is 0 Å². The van der Waals surface area contributed by atoms with Crippen molar-refractivity contribution in [1.82, 2.24) is 4.90 Å². The quantitative estimate of drug-likeness (QED) is 0.332. The number of amides is 3. The largest absolute Gasteiger partial charge is 0.389 e. The van der Waals surface area contributed by atoms with Gasteiger partial charge in [-0.15, -0.1) is 0 Å². The molecule has 0 aromatic heterocycles. The Morgan fingerprint density at radius 3 is 2.30 bits per heavy atom. The summed E-state index contributed by atoms with van der Waals surface area (Å²) in [5.74, 6) is -0.778. The number of carbonyl (C=O) groups is 3. The highest BCUT2D eigenvalue weighted by atomic mass is 16.5. The van der Waals surface area contributed by atoms with Crippen LogP contribution in [-0.2, 0) is 9.53 Å². The first kappa shape index (κ1) is 21.5. The van der Waals surface area contributed by atoms with E-state index in [1.165, 1.54) is 0 Å². The Labute approximate surface area is 175 Å². The first-order valence-electron chi connectivity index (χ1n) is 9.82.